The zero-order valence-electron chi connectivity index (χ0n) is 18.2. The van der Waals surface area contributed by atoms with Crippen molar-refractivity contribution in [1.29, 1.82) is 0 Å². The summed E-state index contributed by atoms with van der Waals surface area (Å²) in [5, 5.41) is 3.23. The van der Waals surface area contributed by atoms with E-state index in [9.17, 15) is 4.79 Å². The van der Waals surface area contributed by atoms with E-state index in [1.165, 1.54) is 11.3 Å². The molecule has 6 heteroatoms. The van der Waals surface area contributed by atoms with Crippen molar-refractivity contribution in [3.8, 4) is 5.75 Å². The van der Waals surface area contributed by atoms with Crippen molar-refractivity contribution in [1.82, 2.24) is 4.98 Å². The summed E-state index contributed by atoms with van der Waals surface area (Å²) in [6.07, 6.45) is 0. The monoisotopic (exact) mass is 472 g/mol. The molecule has 0 bridgehead atoms. The van der Waals surface area contributed by atoms with E-state index in [-0.39, 0.29) is 5.91 Å². The second kappa shape index (κ2) is 8.85. The Morgan fingerprint density at radius 3 is 2.39 bits per heavy atom. The zero-order valence-corrected chi connectivity index (χ0v) is 19.8. The number of ether oxygens (including phenoxy) is 1. The largest absolute Gasteiger partial charge is 0.496 e. The first-order valence-electron chi connectivity index (χ1n) is 10.5. The average molecular weight is 473 g/mol. The molecule has 0 fully saturated rings. The number of carbonyl (C=O) groups is 1. The number of anilines is 1. The first-order chi connectivity index (χ1) is 16.0. The van der Waals surface area contributed by atoms with Crippen molar-refractivity contribution in [3.05, 3.63) is 101 Å². The Hall–Kier alpha value is -3.41. The van der Waals surface area contributed by atoms with Crippen molar-refractivity contribution in [2.24, 2.45) is 0 Å². The fourth-order valence-corrected chi connectivity index (χ4v) is 5.21. The number of halogens is 1. The second-order valence-electron chi connectivity index (χ2n) is 7.81. The van der Waals surface area contributed by atoms with Gasteiger partial charge in [0.25, 0.3) is 5.91 Å². The Morgan fingerprint density at radius 1 is 1.00 bits per heavy atom. The highest BCUT2D eigenvalue weighted by Gasteiger charge is 2.25. The van der Waals surface area contributed by atoms with Gasteiger partial charge < -0.3 is 4.74 Å². The van der Waals surface area contributed by atoms with Gasteiger partial charge in [0.2, 0.25) is 0 Å². The number of hydrogen-bond donors (Lipinski definition) is 0. The van der Waals surface area contributed by atoms with Crippen molar-refractivity contribution in [2.45, 2.75) is 13.5 Å². The highest BCUT2D eigenvalue weighted by atomic mass is 35.5. The fourth-order valence-electron chi connectivity index (χ4n) is 3.90. The highest BCUT2D eigenvalue weighted by molar-refractivity contribution is 7.23. The molecule has 5 rings (SSSR count). The summed E-state index contributed by atoms with van der Waals surface area (Å²) in [6.45, 7) is 2.38. The lowest BCUT2D eigenvalue weighted by atomic mass is 10.0. The van der Waals surface area contributed by atoms with Gasteiger partial charge in [0.1, 0.15) is 5.75 Å². The number of nitrogens with zero attached hydrogens (tertiary/aromatic N) is 2. The molecule has 33 heavy (non-hydrogen) atoms. The van der Waals surface area contributed by atoms with Crippen LogP contribution in [-0.4, -0.2) is 18.0 Å². The molecular formula is C27H21ClN2O2S. The van der Waals surface area contributed by atoms with Gasteiger partial charge in [-0.05, 0) is 47.0 Å². The van der Waals surface area contributed by atoms with Crippen LogP contribution in [0.4, 0.5) is 5.13 Å². The van der Waals surface area contributed by atoms with Crippen molar-refractivity contribution < 1.29 is 9.53 Å². The van der Waals surface area contributed by atoms with Gasteiger partial charge in [-0.2, -0.15) is 0 Å². The molecule has 4 nitrogen and oxygen atoms in total. The minimum Gasteiger partial charge on any atom is -0.496 e. The maximum absolute atomic E-state index is 14.0. The number of fused-ring (bicyclic) bond motifs is 2. The maximum atomic E-state index is 14.0. The third kappa shape index (κ3) is 4.06. The number of aromatic nitrogens is 1. The molecule has 164 valence electrons. The molecule has 0 aliphatic rings. The first-order valence-corrected chi connectivity index (χ1v) is 11.7. The molecule has 0 saturated carbocycles. The van der Waals surface area contributed by atoms with Crippen LogP contribution in [-0.2, 0) is 6.54 Å². The Balaban J connectivity index is 1.66. The Labute approximate surface area is 201 Å². The highest BCUT2D eigenvalue weighted by Crippen LogP contribution is 2.37. The van der Waals surface area contributed by atoms with E-state index in [1.807, 2.05) is 85.8 Å². The van der Waals surface area contributed by atoms with Crippen LogP contribution in [0.3, 0.4) is 0 Å². The minimum absolute atomic E-state index is 0.172. The number of hydrogen-bond acceptors (Lipinski definition) is 4. The molecule has 0 N–H and O–H groups in total. The molecule has 0 unspecified atom stereocenters. The van der Waals surface area contributed by atoms with Crippen molar-refractivity contribution in [2.75, 3.05) is 12.0 Å². The van der Waals surface area contributed by atoms with Crippen LogP contribution < -0.4 is 9.64 Å². The summed E-state index contributed by atoms with van der Waals surface area (Å²) in [7, 11) is 1.59. The lowest BCUT2D eigenvalue weighted by molar-refractivity contribution is 0.0982. The molecule has 0 aliphatic carbocycles. The summed E-state index contributed by atoms with van der Waals surface area (Å²) < 4.78 is 6.50. The molecule has 0 saturated heterocycles. The fraction of sp³-hybridized carbons (Fsp3) is 0.111. The molecule has 1 amide bonds. The summed E-state index contributed by atoms with van der Waals surface area (Å²) in [5.41, 5.74) is 3.34. The van der Waals surface area contributed by atoms with Crippen LogP contribution in [0.2, 0.25) is 5.02 Å². The molecule has 0 atom stereocenters. The van der Waals surface area contributed by atoms with E-state index in [1.54, 1.807) is 12.0 Å². The predicted octanol–water partition coefficient (Wildman–Crippen LogP) is 7.27. The van der Waals surface area contributed by atoms with Gasteiger partial charge in [-0.1, -0.05) is 83.6 Å². The van der Waals surface area contributed by atoms with E-state index >= 15 is 0 Å². The summed E-state index contributed by atoms with van der Waals surface area (Å²) in [6, 6.07) is 25.4. The smallest absolute Gasteiger partial charge is 0.264 e. The molecule has 1 heterocycles. The molecule has 0 spiro atoms. The third-order valence-electron chi connectivity index (χ3n) is 5.64. The number of carbonyl (C=O) groups excluding carboxylic acids is 1. The zero-order chi connectivity index (χ0) is 22.9. The average Bonchev–Trinajstić information content (AvgIpc) is 3.31. The topological polar surface area (TPSA) is 42.4 Å². The quantitative estimate of drug-likeness (QED) is 0.270. The Morgan fingerprint density at radius 2 is 1.70 bits per heavy atom. The molecule has 1 aromatic heterocycles. The normalized spacial score (nSPS) is 11.1. The second-order valence-corrected chi connectivity index (χ2v) is 9.20. The van der Waals surface area contributed by atoms with E-state index in [0.717, 1.165) is 32.1 Å². The van der Waals surface area contributed by atoms with Gasteiger partial charge >= 0.3 is 0 Å². The Bertz CT molecular complexity index is 1440. The molecule has 4 aromatic carbocycles. The van der Waals surface area contributed by atoms with Crippen molar-refractivity contribution in [3.63, 3.8) is 0 Å². The van der Waals surface area contributed by atoms with E-state index < -0.39 is 0 Å². The van der Waals surface area contributed by atoms with Crippen LogP contribution in [0.1, 0.15) is 21.5 Å². The van der Waals surface area contributed by atoms with Gasteiger partial charge in [-0.15, -0.1) is 0 Å². The SMILES string of the molecule is COc1cc2ccccc2cc1C(=O)N(Cc1ccccc1)c1nc2c(C)ccc(Cl)c2s1. The molecule has 0 radical (unpaired) electrons. The van der Waals surface area contributed by atoms with Gasteiger partial charge in [-0.25, -0.2) is 4.98 Å². The number of rotatable bonds is 5. The van der Waals surface area contributed by atoms with Crippen LogP contribution in [0.15, 0.2) is 78.9 Å². The summed E-state index contributed by atoms with van der Waals surface area (Å²) >= 11 is 7.89. The van der Waals surface area contributed by atoms with Crippen LogP contribution in [0.25, 0.3) is 21.0 Å². The van der Waals surface area contributed by atoms with Crippen LogP contribution >= 0.6 is 22.9 Å². The number of thiazole rings is 1. The number of aryl methyl sites for hydroxylation is 1. The number of benzene rings is 4. The van der Waals surface area contributed by atoms with Gasteiger partial charge in [0, 0.05) is 0 Å². The van der Waals surface area contributed by atoms with Gasteiger partial charge in [0.15, 0.2) is 5.13 Å². The molecule has 0 aliphatic heterocycles. The molecule has 5 aromatic rings. The van der Waals surface area contributed by atoms with Gasteiger partial charge in [0.05, 0.1) is 34.5 Å². The molecular weight excluding hydrogens is 452 g/mol. The van der Waals surface area contributed by atoms with Crippen LogP contribution in [0, 0.1) is 6.92 Å². The lowest BCUT2D eigenvalue weighted by Crippen LogP contribution is -2.30. The van der Waals surface area contributed by atoms with E-state index in [2.05, 4.69) is 0 Å². The third-order valence-corrected chi connectivity index (χ3v) is 7.18. The standard InChI is InChI=1S/C27H21ClN2O2S/c1-17-12-13-22(28)25-24(17)29-27(33-25)30(16-18-8-4-3-5-9-18)26(31)21-14-19-10-6-7-11-20(19)15-23(21)32-2/h3-15H,16H2,1-2H3. The first kappa shape index (κ1) is 21.4. The van der Waals surface area contributed by atoms with E-state index in [4.69, 9.17) is 21.3 Å². The van der Waals surface area contributed by atoms with Crippen LogP contribution in [0.5, 0.6) is 5.75 Å². The summed E-state index contributed by atoms with van der Waals surface area (Å²) in [4.78, 5) is 20.5. The lowest BCUT2D eigenvalue weighted by Gasteiger charge is -2.21. The minimum atomic E-state index is -0.172. The predicted molar refractivity (Wildman–Crippen MR) is 137 cm³/mol. The maximum Gasteiger partial charge on any atom is 0.264 e. The number of methoxy groups -OCH3 is 1. The van der Waals surface area contributed by atoms with Crippen molar-refractivity contribution >= 4 is 55.0 Å². The van der Waals surface area contributed by atoms with E-state index in [0.29, 0.717) is 28.0 Å². The Kier molecular flexibility index (Phi) is 5.75. The summed E-state index contributed by atoms with van der Waals surface area (Å²) in [5.74, 6) is 0.362. The number of amides is 1. The van der Waals surface area contributed by atoms with Gasteiger partial charge in [-0.3, -0.25) is 9.69 Å².